The van der Waals surface area contributed by atoms with E-state index in [0.29, 0.717) is 13.2 Å². The maximum Gasteiger partial charge on any atom is 0.193 e. The fourth-order valence-electron chi connectivity index (χ4n) is 2.68. The van der Waals surface area contributed by atoms with Crippen molar-refractivity contribution in [2.45, 2.75) is 6.54 Å². The Balaban J connectivity index is 0.00000280. The Kier molecular flexibility index (Phi) is 8.80. The summed E-state index contributed by atoms with van der Waals surface area (Å²) in [6.07, 6.45) is 3.71. The first-order valence-electron chi connectivity index (χ1n) is 8.95. The van der Waals surface area contributed by atoms with Crippen molar-refractivity contribution in [2.75, 3.05) is 27.2 Å². The van der Waals surface area contributed by atoms with Crippen LogP contribution in [0.2, 0.25) is 0 Å². The van der Waals surface area contributed by atoms with Crippen molar-refractivity contribution in [2.24, 2.45) is 4.99 Å². The number of aliphatic imine (C=N–C) groups is 1. The maximum absolute atomic E-state index is 5.75. The van der Waals surface area contributed by atoms with E-state index < -0.39 is 0 Å². The Morgan fingerprint density at radius 1 is 1.11 bits per heavy atom. The molecular formula is C21H26IN5O. The summed E-state index contributed by atoms with van der Waals surface area (Å²) < 4.78 is 7.59. The van der Waals surface area contributed by atoms with Crippen LogP contribution in [0.3, 0.4) is 0 Å². The minimum Gasteiger partial charge on any atom is -0.492 e. The smallest absolute Gasteiger partial charge is 0.193 e. The van der Waals surface area contributed by atoms with Crippen LogP contribution in [0.4, 0.5) is 0 Å². The molecule has 0 atom stereocenters. The highest BCUT2D eigenvalue weighted by atomic mass is 127. The molecule has 2 aromatic carbocycles. The van der Waals surface area contributed by atoms with E-state index in [9.17, 15) is 0 Å². The lowest BCUT2D eigenvalue weighted by Gasteiger charge is -2.22. The molecule has 0 aliphatic rings. The lowest BCUT2D eigenvalue weighted by atomic mass is 10.2. The van der Waals surface area contributed by atoms with Crippen LogP contribution in [0.25, 0.3) is 5.69 Å². The second-order valence-corrected chi connectivity index (χ2v) is 6.10. The third-order valence-corrected chi connectivity index (χ3v) is 4.17. The van der Waals surface area contributed by atoms with Crippen LogP contribution in [0, 0.1) is 0 Å². The number of nitrogens with zero attached hydrogens (tertiary/aromatic N) is 4. The van der Waals surface area contributed by atoms with Crippen molar-refractivity contribution in [3.63, 3.8) is 0 Å². The van der Waals surface area contributed by atoms with Crippen LogP contribution < -0.4 is 10.1 Å². The molecule has 1 aromatic heterocycles. The molecule has 7 heteroatoms. The minimum absolute atomic E-state index is 0. The fraction of sp³-hybridized carbons (Fsp3) is 0.238. The Hall–Kier alpha value is -2.55. The summed E-state index contributed by atoms with van der Waals surface area (Å²) in [7, 11) is 3.79. The second kappa shape index (κ2) is 11.3. The summed E-state index contributed by atoms with van der Waals surface area (Å²) in [5.41, 5.74) is 2.23. The number of para-hydroxylation sites is 1. The number of halogens is 1. The van der Waals surface area contributed by atoms with Crippen molar-refractivity contribution in [1.82, 2.24) is 20.0 Å². The summed E-state index contributed by atoms with van der Waals surface area (Å²) in [6.45, 7) is 2.04. The summed E-state index contributed by atoms with van der Waals surface area (Å²) >= 11 is 0. The highest BCUT2D eigenvalue weighted by Gasteiger charge is 2.06. The van der Waals surface area contributed by atoms with Gasteiger partial charge < -0.3 is 15.0 Å². The molecule has 3 aromatic rings. The molecule has 0 radical (unpaired) electrons. The van der Waals surface area contributed by atoms with Gasteiger partial charge in [0.1, 0.15) is 12.4 Å². The van der Waals surface area contributed by atoms with Crippen molar-refractivity contribution in [1.29, 1.82) is 0 Å². The van der Waals surface area contributed by atoms with E-state index in [-0.39, 0.29) is 24.0 Å². The van der Waals surface area contributed by atoms with Crippen LogP contribution in [0.5, 0.6) is 5.75 Å². The highest BCUT2D eigenvalue weighted by molar-refractivity contribution is 14.0. The molecule has 0 saturated heterocycles. The van der Waals surface area contributed by atoms with Crippen LogP contribution in [0.15, 0.2) is 78.0 Å². The van der Waals surface area contributed by atoms with Gasteiger partial charge >= 0.3 is 0 Å². The van der Waals surface area contributed by atoms with E-state index in [1.54, 1.807) is 13.2 Å². The molecule has 0 saturated carbocycles. The summed E-state index contributed by atoms with van der Waals surface area (Å²) in [6, 6.07) is 20.1. The van der Waals surface area contributed by atoms with Gasteiger partial charge in [-0.05, 0) is 35.9 Å². The first-order chi connectivity index (χ1) is 13.3. The summed E-state index contributed by atoms with van der Waals surface area (Å²) in [5.74, 6) is 1.72. The van der Waals surface area contributed by atoms with Crippen LogP contribution in [-0.4, -0.2) is 47.9 Å². The first kappa shape index (κ1) is 21.7. The number of hydrogen-bond acceptors (Lipinski definition) is 3. The van der Waals surface area contributed by atoms with E-state index in [1.807, 2.05) is 54.3 Å². The van der Waals surface area contributed by atoms with Gasteiger partial charge in [0.05, 0.1) is 12.2 Å². The molecule has 3 rings (SSSR count). The van der Waals surface area contributed by atoms with Crippen LogP contribution >= 0.6 is 24.0 Å². The number of guanidine groups is 1. The molecule has 1 heterocycles. The van der Waals surface area contributed by atoms with Gasteiger partial charge in [-0.1, -0.05) is 30.3 Å². The second-order valence-electron chi connectivity index (χ2n) is 6.10. The maximum atomic E-state index is 5.75. The molecule has 6 nitrogen and oxygen atoms in total. The third-order valence-electron chi connectivity index (χ3n) is 4.17. The topological polar surface area (TPSA) is 54.7 Å². The third kappa shape index (κ3) is 6.26. The van der Waals surface area contributed by atoms with E-state index in [0.717, 1.165) is 23.9 Å². The van der Waals surface area contributed by atoms with Gasteiger partial charge in [-0.2, -0.15) is 5.10 Å². The molecule has 0 amide bonds. The Morgan fingerprint density at radius 3 is 2.50 bits per heavy atom. The molecule has 0 bridgehead atoms. The van der Waals surface area contributed by atoms with Gasteiger partial charge in [-0.25, -0.2) is 4.68 Å². The minimum atomic E-state index is 0. The molecule has 0 unspecified atom stereocenters. The Labute approximate surface area is 183 Å². The average molecular weight is 491 g/mol. The molecular weight excluding hydrogens is 465 g/mol. The van der Waals surface area contributed by atoms with Crippen molar-refractivity contribution < 1.29 is 4.74 Å². The predicted octanol–water partition coefficient (Wildman–Crippen LogP) is 3.58. The molecule has 0 fully saturated rings. The molecule has 148 valence electrons. The lowest BCUT2D eigenvalue weighted by Crippen LogP contribution is -2.40. The van der Waals surface area contributed by atoms with Gasteiger partial charge in [0.15, 0.2) is 5.96 Å². The van der Waals surface area contributed by atoms with E-state index in [1.165, 1.54) is 5.56 Å². The van der Waals surface area contributed by atoms with Gasteiger partial charge in [-0.3, -0.25) is 4.99 Å². The number of likely N-dealkylation sites (N-methyl/N-ethyl adjacent to an activating group) is 1. The number of aromatic nitrogens is 2. The van der Waals surface area contributed by atoms with E-state index in [2.05, 4.69) is 44.6 Å². The average Bonchev–Trinajstić information content (AvgIpc) is 3.25. The zero-order chi connectivity index (χ0) is 18.9. The standard InChI is InChI=1S/C21H25N5O.HI/c1-22-21(25(2)15-16-27-20-7-4-3-5-8-20)23-17-18-9-11-19(12-10-18)26-14-6-13-24-26;/h3-14H,15-17H2,1-2H3,(H,22,23);1H. The molecule has 0 aliphatic heterocycles. The zero-order valence-corrected chi connectivity index (χ0v) is 18.5. The van der Waals surface area contributed by atoms with Gasteiger partial charge in [0.25, 0.3) is 0 Å². The van der Waals surface area contributed by atoms with Crippen molar-refractivity contribution in [3.05, 3.63) is 78.6 Å². The normalized spacial score (nSPS) is 10.9. The van der Waals surface area contributed by atoms with Crippen LogP contribution in [0.1, 0.15) is 5.56 Å². The molecule has 1 N–H and O–H groups in total. The first-order valence-corrected chi connectivity index (χ1v) is 8.95. The van der Waals surface area contributed by atoms with Crippen LogP contribution in [-0.2, 0) is 6.54 Å². The number of hydrogen-bond donors (Lipinski definition) is 1. The summed E-state index contributed by atoms with van der Waals surface area (Å²) in [4.78, 5) is 6.41. The zero-order valence-electron chi connectivity index (χ0n) is 16.2. The SMILES string of the molecule is CN=C(NCc1ccc(-n2cccn2)cc1)N(C)CCOc1ccccc1.I. The van der Waals surface area contributed by atoms with E-state index in [4.69, 9.17) is 4.74 Å². The van der Waals surface area contributed by atoms with Gasteiger partial charge in [0.2, 0.25) is 0 Å². The van der Waals surface area contributed by atoms with Gasteiger partial charge in [-0.15, -0.1) is 24.0 Å². The fourth-order valence-corrected chi connectivity index (χ4v) is 2.68. The van der Waals surface area contributed by atoms with Crippen molar-refractivity contribution in [3.8, 4) is 11.4 Å². The number of ether oxygens (including phenoxy) is 1. The molecule has 0 aliphatic carbocycles. The van der Waals surface area contributed by atoms with Crippen molar-refractivity contribution >= 4 is 29.9 Å². The largest absolute Gasteiger partial charge is 0.492 e. The van der Waals surface area contributed by atoms with Gasteiger partial charge in [0, 0.05) is 33.0 Å². The Morgan fingerprint density at radius 2 is 1.86 bits per heavy atom. The summed E-state index contributed by atoms with van der Waals surface area (Å²) in [5, 5.41) is 7.63. The number of benzene rings is 2. The predicted molar refractivity (Wildman–Crippen MR) is 124 cm³/mol. The highest BCUT2D eigenvalue weighted by Crippen LogP contribution is 2.09. The number of nitrogens with one attached hydrogen (secondary N) is 1. The number of rotatable bonds is 7. The molecule has 28 heavy (non-hydrogen) atoms. The lowest BCUT2D eigenvalue weighted by molar-refractivity contribution is 0.281. The molecule has 0 spiro atoms. The van der Waals surface area contributed by atoms with E-state index >= 15 is 0 Å². The quantitative estimate of drug-likeness (QED) is 0.312. The monoisotopic (exact) mass is 491 g/mol. The Bertz CT molecular complexity index is 835.